The fourth-order valence-electron chi connectivity index (χ4n) is 3.50. The Morgan fingerprint density at radius 2 is 1.58 bits per heavy atom. The number of hydrogen-bond acceptors (Lipinski definition) is 14. The second-order valence-electron chi connectivity index (χ2n) is 7.49. The van der Waals surface area contributed by atoms with Crippen LogP contribution in [0.4, 0.5) is 0 Å². The number of esters is 6. The highest BCUT2D eigenvalue weighted by molar-refractivity contribution is 5.81. The van der Waals surface area contributed by atoms with E-state index in [4.69, 9.17) is 38.7 Å². The maximum atomic E-state index is 12.7. The molecule has 1 aliphatic rings. The standard InChI is InChI=1S/C20H27N3O13/c1-9(24)31-8-15(33-11(3)26)17(34-12(4)27)18-16(22-23-21)14(32-10(2)25)7-20(36-18,19(29)30-6)35-13(5)28/h14-18H,7-8H2,1-6H3/t14-,15+,16+,17+,18+,20-/m0/s1. The average Bonchev–Trinajstić information content (AvgIpc) is 2.74. The quantitative estimate of drug-likeness (QED) is 0.125. The van der Waals surface area contributed by atoms with Crippen molar-refractivity contribution in [2.45, 2.75) is 77.3 Å². The molecule has 0 aliphatic carbocycles. The molecule has 0 saturated carbocycles. The van der Waals surface area contributed by atoms with E-state index in [1.54, 1.807) is 0 Å². The predicted octanol–water partition coefficient (Wildman–Crippen LogP) is 0.245. The molecule has 0 N–H and O–H groups in total. The third kappa shape index (κ3) is 8.39. The van der Waals surface area contributed by atoms with Crippen LogP contribution < -0.4 is 0 Å². The average molecular weight is 517 g/mol. The topological polar surface area (TPSA) is 216 Å². The van der Waals surface area contributed by atoms with Gasteiger partial charge < -0.3 is 33.2 Å². The highest BCUT2D eigenvalue weighted by Gasteiger charge is 2.60. The Morgan fingerprint density at radius 3 is 2.03 bits per heavy atom. The molecular formula is C20H27N3O13. The van der Waals surface area contributed by atoms with Gasteiger partial charge >= 0.3 is 41.6 Å². The monoisotopic (exact) mass is 517 g/mol. The molecule has 0 aromatic heterocycles. The third-order valence-electron chi connectivity index (χ3n) is 4.58. The van der Waals surface area contributed by atoms with Crippen LogP contribution in [0.1, 0.15) is 41.0 Å². The van der Waals surface area contributed by atoms with E-state index in [0.717, 1.165) is 41.7 Å². The van der Waals surface area contributed by atoms with Gasteiger partial charge in [0.05, 0.1) is 13.5 Å². The summed E-state index contributed by atoms with van der Waals surface area (Å²) in [5.41, 5.74) is 9.17. The molecule has 16 heteroatoms. The molecule has 1 aliphatic heterocycles. The van der Waals surface area contributed by atoms with Gasteiger partial charge in [0.25, 0.3) is 0 Å². The van der Waals surface area contributed by atoms with E-state index in [2.05, 4.69) is 10.0 Å². The summed E-state index contributed by atoms with van der Waals surface area (Å²) in [6, 6.07) is -1.52. The van der Waals surface area contributed by atoms with Crippen molar-refractivity contribution >= 4 is 35.8 Å². The van der Waals surface area contributed by atoms with Crippen LogP contribution in [-0.4, -0.2) is 85.8 Å². The van der Waals surface area contributed by atoms with Crippen LogP contribution in [-0.2, 0) is 61.9 Å². The van der Waals surface area contributed by atoms with E-state index in [9.17, 15) is 28.8 Å². The minimum atomic E-state index is -2.56. The van der Waals surface area contributed by atoms with Crippen LogP contribution in [0.5, 0.6) is 0 Å². The lowest BCUT2D eigenvalue weighted by Gasteiger charge is -2.46. The fraction of sp³-hybridized carbons (Fsp3) is 0.700. The molecular weight excluding hydrogens is 490 g/mol. The number of carbonyl (C=O) groups is 6. The Hall–Kier alpha value is -3.91. The zero-order chi connectivity index (χ0) is 27.6. The first kappa shape index (κ1) is 30.1. The van der Waals surface area contributed by atoms with Gasteiger partial charge in [-0.3, -0.25) is 24.0 Å². The smallest absolute Gasteiger partial charge is 0.379 e. The van der Waals surface area contributed by atoms with Crippen LogP contribution in [0.3, 0.4) is 0 Å². The molecule has 16 nitrogen and oxygen atoms in total. The van der Waals surface area contributed by atoms with Gasteiger partial charge in [-0.05, 0) is 5.53 Å². The largest absolute Gasteiger partial charge is 0.464 e. The molecule has 0 spiro atoms. The number of azide groups is 1. The molecule has 1 rings (SSSR count). The first-order chi connectivity index (χ1) is 16.8. The predicted molar refractivity (Wildman–Crippen MR) is 112 cm³/mol. The van der Waals surface area contributed by atoms with Gasteiger partial charge in [0.15, 0.2) is 12.2 Å². The number of carbonyl (C=O) groups excluding carboxylic acids is 6. The van der Waals surface area contributed by atoms with Gasteiger partial charge in [-0.15, -0.1) is 0 Å². The normalized spacial score (nSPS) is 24.6. The van der Waals surface area contributed by atoms with E-state index >= 15 is 0 Å². The summed E-state index contributed by atoms with van der Waals surface area (Å²) in [7, 11) is 0.957. The number of nitrogens with zero attached hydrogens (tertiary/aromatic N) is 3. The highest BCUT2D eigenvalue weighted by atomic mass is 16.8. The van der Waals surface area contributed by atoms with Crippen molar-refractivity contribution in [2.75, 3.05) is 13.7 Å². The highest BCUT2D eigenvalue weighted by Crippen LogP contribution is 2.38. The third-order valence-corrected chi connectivity index (χ3v) is 4.58. The molecule has 0 bridgehead atoms. The van der Waals surface area contributed by atoms with E-state index in [1.165, 1.54) is 0 Å². The lowest BCUT2D eigenvalue weighted by molar-refractivity contribution is -0.302. The Balaban J connectivity index is 3.80. The number of ether oxygens (including phenoxy) is 7. The van der Waals surface area contributed by atoms with Crippen LogP contribution in [0, 0.1) is 0 Å². The first-order valence-electron chi connectivity index (χ1n) is 10.4. The number of rotatable bonds is 10. The zero-order valence-corrected chi connectivity index (χ0v) is 20.4. The Morgan fingerprint density at radius 1 is 0.972 bits per heavy atom. The second-order valence-corrected chi connectivity index (χ2v) is 7.49. The Kier molecular flexibility index (Phi) is 11.1. The molecule has 0 aromatic carbocycles. The summed E-state index contributed by atoms with van der Waals surface area (Å²) < 4.78 is 36.1. The van der Waals surface area contributed by atoms with Gasteiger partial charge in [-0.1, -0.05) is 5.11 Å². The van der Waals surface area contributed by atoms with Gasteiger partial charge in [-0.2, -0.15) is 0 Å². The maximum Gasteiger partial charge on any atom is 0.379 e. The van der Waals surface area contributed by atoms with Gasteiger partial charge in [0.2, 0.25) is 0 Å². The molecule has 0 radical (unpaired) electrons. The van der Waals surface area contributed by atoms with Crippen molar-refractivity contribution in [1.82, 2.24) is 0 Å². The zero-order valence-electron chi connectivity index (χ0n) is 20.4. The number of methoxy groups -OCH3 is 1. The summed E-state index contributed by atoms with van der Waals surface area (Å²) in [5.74, 6) is -8.32. The van der Waals surface area contributed by atoms with E-state index in [-0.39, 0.29) is 0 Å². The molecule has 1 saturated heterocycles. The molecule has 0 amide bonds. The lowest BCUT2D eigenvalue weighted by Crippen LogP contribution is -2.65. The van der Waals surface area contributed by atoms with Gasteiger partial charge in [0.1, 0.15) is 24.9 Å². The Labute approximate surface area is 205 Å². The summed E-state index contributed by atoms with van der Waals surface area (Å²) >= 11 is 0. The van der Waals surface area contributed by atoms with E-state index < -0.39 is 85.1 Å². The molecule has 200 valence electrons. The summed E-state index contributed by atoms with van der Waals surface area (Å²) in [5, 5.41) is 3.56. The van der Waals surface area contributed by atoms with Crippen LogP contribution in [0.15, 0.2) is 5.11 Å². The van der Waals surface area contributed by atoms with E-state index in [0.29, 0.717) is 0 Å². The van der Waals surface area contributed by atoms with Crippen molar-refractivity contribution in [1.29, 1.82) is 0 Å². The molecule has 0 aromatic rings. The van der Waals surface area contributed by atoms with E-state index in [1.807, 2.05) is 0 Å². The summed E-state index contributed by atoms with van der Waals surface area (Å²) in [6.45, 7) is 4.37. The number of hydrogen-bond donors (Lipinski definition) is 0. The molecule has 36 heavy (non-hydrogen) atoms. The minimum Gasteiger partial charge on any atom is -0.464 e. The van der Waals surface area contributed by atoms with Crippen LogP contribution in [0.25, 0.3) is 10.4 Å². The molecule has 0 unspecified atom stereocenters. The maximum absolute atomic E-state index is 12.7. The van der Waals surface area contributed by atoms with Gasteiger partial charge in [0, 0.05) is 39.5 Å². The summed E-state index contributed by atoms with van der Waals surface area (Å²) in [6.07, 6.45) is -7.23. The van der Waals surface area contributed by atoms with Crippen molar-refractivity contribution in [2.24, 2.45) is 5.11 Å². The van der Waals surface area contributed by atoms with Crippen LogP contribution >= 0.6 is 0 Å². The first-order valence-corrected chi connectivity index (χ1v) is 10.4. The SMILES string of the molecule is COC(=O)[C@]1(OC(C)=O)C[C@H](OC(C)=O)[C@@H](N=[N+]=[N-])[C@H]([C@H](OC(C)=O)[C@@H](COC(C)=O)OC(C)=O)O1. The van der Waals surface area contributed by atoms with Crippen molar-refractivity contribution in [3.05, 3.63) is 10.4 Å². The molecule has 1 heterocycles. The Bertz CT molecular complexity index is 932. The van der Waals surface area contributed by atoms with Crippen molar-refractivity contribution in [3.8, 4) is 0 Å². The fourth-order valence-corrected chi connectivity index (χ4v) is 3.50. The lowest BCUT2D eigenvalue weighted by atomic mass is 9.88. The molecule has 1 fully saturated rings. The summed E-state index contributed by atoms with van der Waals surface area (Å²) in [4.78, 5) is 74.3. The second kappa shape index (κ2) is 13.3. The molecule has 6 atom stereocenters. The van der Waals surface area contributed by atoms with Crippen molar-refractivity contribution in [3.63, 3.8) is 0 Å². The van der Waals surface area contributed by atoms with Gasteiger partial charge in [-0.25, -0.2) is 4.79 Å². The van der Waals surface area contributed by atoms with Crippen LogP contribution in [0.2, 0.25) is 0 Å². The minimum absolute atomic E-state index is 0.660. The van der Waals surface area contributed by atoms with Crippen molar-refractivity contribution < 1.29 is 61.9 Å².